The molecule has 6 heteroatoms. The van der Waals surface area contributed by atoms with Gasteiger partial charge in [-0.3, -0.25) is 15.2 Å². The maximum atomic E-state index is 11.6. The van der Waals surface area contributed by atoms with E-state index in [1.165, 1.54) is 0 Å². The van der Waals surface area contributed by atoms with Gasteiger partial charge >= 0.3 is 5.69 Å². The molecule has 0 aliphatic rings. The lowest BCUT2D eigenvalue weighted by Gasteiger charge is -2.06. The minimum atomic E-state index is -0.404. The molecule has 0 saturated heterocycles. The quantitative estimate of drug-likeness (QED) is 0.436. The van der Waals surface area contributed by atoms with E-state index in [0.29, 0.717) is 34.5 Å². The largest absolute Gasteiger partial charge is 0.492 e. The molecule has 1 aromatic heterocycles. The number of ether oxygens (including phenoxy) is 1. The molecular formula is C17H15N3O3. The molecule has 0 unspecified atom stereocenters. The van der Waals surface area contributed by atoms with E-state index in [4.69, 9.17) is 4.74 Å². The van der Waals surface area contributed by atoms with Crippen molar-refractivity contribution in [3.63, 3.8) is 0 Å². The van der Waals surface area contributed by atoms with E-state index in [2.05, 4.69) is 16.8 Å². The molecule has 3 aromatic rings. The smallest absolute Gasteiger partial charge is 0.305 e. The molecule has 0 saturated carbocycles. The van der Waals surface area contributed by atoms with Crippen LogP contribution in [0.25, 0.3) is 27.8 Å². The molecule has 0 amide bonds. The summed E-state index contributed by atoms with van der Waals surface area (Å²) in [5.74, 6) is 0.414. The van der Waals surface area contributed by atoms with Crippen LogP contribution in [0, 0.1) is 10.1 Å². The third kappa shape index (κ3) is 2.55. The topological polar surface area (TPSA) is 81.0 Å². The fourth-order valence-corrected chi connectivity index (χ4v) is 2.56. The van der Waals surface area contributed by atoms with Crippen molar-refractivity contribution < 1.29 is 9.66 Å². The van der Waals surface area contributed by atoms with Crippen molar-refractivity contribution in [2.24, 2.45) is 0 Å². The van der Waals surface area contributed by atoms with Gasteiger partial charge in [0, 0.05) is 5.39 Å². The number of hydrogen-bond donors (Lipinski definition) is 1. The second-order valence-electron chi connectivity index (χ2n) is 4.94. The summed E-state index contributed by atoms with van der Waals surface area (Å²) in [6.45, 7) is 6.14. The standard InChI is InChI=1S/C17H15N3O3/c1-3-23-11(2)15-14-10-9-13(12-7-5-4-6-8-12)17(20(21)22)16(14)19-18-15/h4-10H,2-3H2,1H3,(H,18,19). The lowest BCUT2D eigenvalue weighted by atomic mass is 10.0. The Bertz CT molecular complexity index is 885. The third-order valence-corrected chi connectivity index (χ3v) is 3.56. The number of aromatic amines is 1. The maximum Gasteiger partial charge on any atom is 0.305 e. The number of rotatable bonds is 5. The van der Waals surface area contributed by atoms with Crippen LogP contribution in [0.1, 0.15) is 12.6 Å². The van der Waals surface area contributed by atoms with Gasteiger partial charge in [-0.05, 0) is 24.6 Å². The zero-order valence-corrected chi connectivity index (χ0v) is 12.6. The highest BCUT2D eigenvalue weighted by Gasteiger charge is 2.24. The lowest BCUT2D eigenvalue weighted by Crippen LogP contribution is -1.94. The molecule has 0 aliphatic heterocycles. The molecule has 1 N–H and O–H groups in total. The lowest BCUT2D eigenvalue weighted by molar-refractivity contribution is -0.382. The second kappa shape index (κ2) is 5.92. The summed E-state index contributed by atoms with van der Waals surface area (Å²) in [5, 5.41) is 19.1. The molecular weight excluding hydrogens is 294 g/mol. The Morgan fingerprint density at radius 3 is 2.70 bits per heavy atom. The molecule has 1 heterocycles. The fourth-order valence-electron chi connectivity index (χ4n) is 2.56. The first-order valence-electron chi connectivity index (χ1n) is 7.16. The van der Waals surface area contributed by atoms with Crippen LogP contribution in [-0.2, 0) is 4.74 Å². The molecule has 0 fully saturated rings. The minimum Gasteiger partial charge on any atom is -0.492 e. The Morgan fingerprint density at radius 1 is 1.30 bits per heavy atom. The van der Waals surface area contributed by atoms with Crippen LogP contribution in [0.15, 0.2) is 49.0 Å². The SMILES string of the molecule is C=C(OCC)c1[nH]nc2c([N+](=O)[O-])c(-c3ccccc3)ccc12. The molecule has 23 heavy (non-hydrogen) atoms. The van der Waals surface area contributed by atoms with Crippen LogP contribution in [0.4, 0.5) is 5.69 Å². The maximum absolute atomic E-state index is 11.6. The Kier molecular flexibility index (Phi) is 3.80. The van der Waals surface area contributed by atoms with E-state index < -0.39 is 4.92 Å². The highest BCUT2D eigenvalue weighted by molar-refractivity contribution is 5.99. The number of nitrogens with zero attached hydrogens (tertiary/aromatic N) is 2. The molecule has 0 atom stereocenters. The molecule has 6 nitrogen and oxygen atoms in total. The van der Waals surface area contributed by atoms with Crippen LogP contribution in [0.5, 0.6) is 0 Å². The minimum absolute atomic E-state index is 0.0273. The first kappa shape index (κ1) is 14.8. The summed E-state index contributed by atoms with van der Waals surface area (Å²) in [7, 11) is 0. The second-order valence-corrected chi connectivity index (χ2v) is 4.94. The molecule has 3 rings (SSSR count). The Labute approximate surface area is 132 Å². The van der Waals surface area contributed by atoms with Crippen LogP contribution in [0.2, 0.25) is 0 Å². The first-order chi connectivity index (χ1) is 11.1. The Hall–Kier alpha value is -3.15. The normalized spacial score (nSPS) is 10.7. The van der Waals surface area contributed by atoms with Gasteiger partial charge in [0.1, 0.15) is 11.5 Å². The molecule has 0 bridgehead atoms. The van der Waals surface area contributed by atoms with E-state index in [0.717, 1.165) is 5.56 Å². The van der Waals surface area contributed by atoms with Crippen LogP contribution in [-0.4, -0.2) is 21.7 Å². The predicted molar refractivity (Wildman–Crippen MR) is 88.8 cm³/mol. The molecule has 0 radical (unpaired) electrons. The van der Waals surface area contributed by atoms with E-state index in [1.54, 1.807) is 12.1 Å². The van der Waals surface area contributed by atoms with Gasteiger partial charge in [-0.25, -0.2) is 0 Å². The van der Waals surface area contributed by atoms with Crippen molar-refractivity contribution >= 4 is 22.3 Å². The number of benzene rings is 2. The predicted octanol–water partition coefficient (Wildman–Crippen LogP) is 4.15. The highest BCUT2D eigenvalue weighted by atomic mass is 16.6. The van der Waals surface area contributed by atoms with Crippen molar-refractivity contribution in [1.82, 2.24) is 10.2 Å². The summed E-state index contributed by atoms with van der Waals surface area (Å²) < 4.78 is 5.37. The molecule has 0 aliphatic carbocycles. The number of nitro groups is 1. The molecule has 0 spiro atoms. The number of hydrogen-bond acceptors (Lipinski definition) is 4. The van der Waals surface area contributed by atoms with Crippen molar-refractivity contribution in [2.75, 3.05) is 6.61 Å². The van der Waals surface area contributed by atoms with Gasteiger partial charge in [-0.2, -0.15) is 5.10 Å². The van der Waals surface area contributed by atoms with E-state index in [9.17, 15) is 10.1 Å². The van der Waals surface area contributed by atoms with E-state index >= 15 is 0 Å². The van der Waals surface area contributed by atoms with Crippen molar-refractivity contribution in [2.45, 2.75) is 6.92 Å². The van der Waals surface area contributed by atoms with Gasteiger partial charge in [-0.15, -0.1) is 0 Å². The number of aromatic nitrogens is 2. The molecule has 2 aromatic carbocycles. The van der Waals surface area contributed by atoms with Crippen molar-refractivity contribution in [3.05, 3.63) is 64.9 Å². The average Bonchev–Trinajstić information content (AvgIpc) is 2.98. The van der Waals surface area contributed by atoms with Crippen molar-refractivity contribution in [3.8, 4) is 11.1 Å². The first-order valence-corrected chi connectivity index (χ1v) is 7.16. The number of fused-ring (bicyclic) bond motifs is 1. The van der Waals surface area contributed by atoms with Gasteiger partial charge in [0.2, 0.25) is 0 Å². The van der Waals surface area contributed by atoms with Crippen LogP contribution in [0.3, 0.4) is 0 Å². The van der Waals surface area contributed by atoms with Gasteiger partial charge in [0.05, 0.1) is 17.1 Å². The Morgan fingerprint density at radius 2 is 2.04 bits per heavy atom. The van der Waals surface area contributed by atoms with Gasteiger partial charge in [-0.1, -0.05) is 36.9 Å². The van der Waals surface area contributed by atoms with Gasteiger partial charge < -0.3 is 4.74 Å². The average molecular weight is 309 g/mol. The van der Waals surface area contributed by atoms with Crippen molar-refractivity contribution in [1.29, 1.82) is 0 Å². The van der Waals surface area contributed by atoms with E-state index in [-0.39, 0.29) is 5.69 Å². The number of H-pyrrole nitrogens is 1. The Balaban J connectivity index is 2.24. The van der Waals surface area contributed by atoms with Gasteiger partial charge in [0.15, 0.2) is 5.52 Å². The monoisotopic (exact) mass is 309 g/mol. The summed E-state index contributed by atoms with van der Waals surface area (Å²) in [6.07, 6.45) is 0. The fraction of sp³-hybridized carbons (Fsp3) is 0.118. The highest BCUT2D eigenvalue weighted by Crippen LogP contribution is 2.37. The van der Waals surface area contributed by atoms with E-state index in [1.807, 2.05) is 37.3 Å². The summed E-state index contributed by atoms with van der Waals surface area (Å²) in [4.78, 5) is 11.2. The molecule has 116 valence electrons. The summed E-state index contributed by atoms with van der Waals surface area (Å²) >= 11 is 0. The zero-order chi connectivity index (χ0) is 16.4. The summed E-state index contributed by atoms with van der Waals surface area (Å²) in [6, 6.07) is 12.8. The van der Waals surface area contributed by atoms with Crippen LogP contribution >= 0.6 is 0 Å². The summed E-state index contributed by atoms with van der Waals surface area (Å²) in [5.41, 5.74) is 2.13. The van der Waals surface area contributed by atoms with Gasteiger partial charge in [0.25, 0.3) is 0 Å². The van der Waals surface area contributed by atoms with Crippen LogP contribution < -0.4 is 0 Å². The zero-order valence-electron chi connectivity index (χ0n) is 12.6. The number of nitro benzene ring substituents is 1. The number of nitrogens with one attached hydrogen (secondary N) is 1. The third-order valence-electron chi connectivity index (χ3n) is 3.56.